The molecule has 0 aliphatic rings. The lowest BCUT2D eigenvalue weighted by molar-refractivity contribution is -0.141. The van der Waals surface area contributed by atoms with Gasteiger partial charge in [-0.3, -0.25) is 9.59 Å². The molecule has 11 heteroatoms. The van der Waals surface area contributed by atoms with Gasteiger partial charge in [0, 0.05) is 18.2 Å². The lowest BCUT2D eigenvalue weighted by Gasteiger charge is -2.06. The first-order chi connectivity index (χ1) is 25.8. The van der Waals surface area contributed by atoms with Gasteiger partial charge in [0.25, 0.3) is 0 Å². The number of carbonyl (C=O) groups is 4. The van der Waals surface area contributed by atoms with E-state index in [1.54, 1.807) is 0 Å². The van der Waals surface area contributed by atoms with Crippen molar-refractivity contribution in [1.29, 1.82) is 0 Å². The third-order valence-corrected chi connectivity index (χ3v) is 9.00. The normalized spacial score (nSPS) is 10.2. The van der Waals surface area contributed by atoms with Gasteiger partial charge in [-0.05, 0) is 119 Å². The number of ether oxygens (including phenoxy) is 4. The van der Waals surface area contributed by atoms with E-state index in [9.17, 15) is 19.2 Å². The summed E-state index contributed by atoms with van der Waals surface area (Å²) in [6, 6.07) is 15.3. The van der Waals surface area contributed by atoms with Gasteiger partial charge >= 0.3 is 23.9 Å². The SMILES string of the molecule is COC(=O)CCCCCCCN.COC(=O)CCCCCCCNCCCCc1ccc(C(=O)OC)cc1.COC(=O)c1ccc(CCCCBr)cc1. The average Bonchev–Trinajstić information content (AvgIpc) is 3.19. The summed E-state index contributed by atoms with van der Waals surface area (Å²) in [6.07, 6.45) is 18.9. The van der Waals surface area contributed by atoms with E-state index >= 15 is 0 Å². The number of carbonyl (C=O) groups excluding carboxylic acids is 4. The minimum atomic E-state index is -0.288. The van der Waals surface area contributed by atoms with Gasteiger partial charge in [-0.25, -0.2) is 9.59 Å². The molecule has 300 valence electrons. The number of hydrogen-bond donors (Lipinski definition) is 2. The van der Waals surface area contributed by atoms with Gasteiger partial charge in [-0.1, -0.05) is 78.7 Å². The highest BCUT2D eigenvalue weighted by Gasteiger charge is 2.05. The molecule has 0 fully saturated rings. The number of unbranched alkanes of at least 4 members (excludes halogenated alkanes) is 10. The third kappa shape index (κ3) is 28.8. The lowest BCUT2D eigenvalue weighted by atomic mass is 10.1. The molecule has 0 bridgehead atoms. The molecule has 0 aromatic heterocycles. The van der Waals surface area contributed by atoms with Crippen LogP contribution in [0.15, 0.2) is 48.5 Å². The van der Waals surface area contributed by atoms with Gasteiger partial charge in [0.15, 0.2) is 0 Å². The number of benzene rings is 2. The summed E-state index contributed by atoms with van der Waals surface area (Å²) in [5.74, 6) is -0.772. The molecule has 0 radical (unpaired) electrons. The highest BCUT2D eigenvalue weighted by Crippen LogP contribution is 2.11. The zero-order valence-corrected chi connectivity index (χ0v) is 34.5. The van der Waals surface area contributed by atoms with Crippen LogP contribution in [0.5, 0.6) is 0 Å². The summed E-state index contributed by atoms with van der Waals surface area (Å²) >= 11 is 3.40. The van der Waals surface area contributed by atoms with Crippen molar-refractivity contribution >= 4 is 39.8 Å². The van der Waals surface area contributed by atoms with Crippen LogP contribution < -0.4 is 11.1 Å². The third-order valence-electron chi connectivity index (χ3n) is 8.44. The van der Waals surface area contributed by atoms with Crippen LogP contribution in [0.2, 0.25) is 0 Å². The van der Waals surface area contributed by atoms with Crippen molar-refractivity contribution in [1.82, 2.24) is 5.32 Å². The summed E-state index contributed by atoms with van der Waals surface area (Å²) in [6.45, 7) is 2.88. The molecule has 0 atom stereocenters. The van der Waals surface area contributed by atoms with E-state index in [0.29, 0.717) is 24.0 Å². The standard InChI is InChI=1S/C21H33NO4.C12H15BrO2.C9H19NO2/c1-25-20(23)11-6-4-3-5-8-16-22-17-9-7-10-18-12-14-19(15-13-18)21(24)26-2;1-15-12(14)11-7-5-10(6-8-11)4-2-3-9-13;1-12-9(11)7-5-3-2-4-6-8-10/h12-15,22H,3-11,16-17H2,1-2H3;5-8H,2-4,9H2,1H3;2-8,10H2,1H3. The van der Waals surface area contributed by atoms with Crippen LogP contribution in [0.4, 0.5) is 0 Å². The van der Waals surface area contributed by atoms with Gasteiger partial charge in [-0.15, -0.1) is 0 Å². The number of methoxy groups -OCH3 is 4. The zero-order valence-electron chi connectivity index (χ0n) is 32.9. The minimum Gasteiger partial charge on any atom is -0.469 e. The molecule has 2 aromatic carbocycles. The average molecular weight is 808 g/mol. The second-order valence-corrected chi connectivity index (χ2v) is 13.5. The van der Waals surface area contributed by atoms with Crippen LogP contribution in [0.1, 0.15) is 135 Å². The van der Waals surface area contributed by atoms with E-state index in [4.69, 9.17) is 10.5 Å². The predicted octanol–water partition coefficient (Wildman–Crippen LogP) is 8.55. The predicted molar refractivity (Wildman–Crippen MR) is 217 cm³/mol. The molecule has 0 heterocycles. The monoisotopic (exact) mass is 806 g/mol. The van der Waals surface area contributed by atoms with Crippen LogP contribution in [0, 0.1) is 0 Å². The van der Waals surface area contributed by atoms with Crippen molar-refractivity contribution in [3.63, 3.8) is 0 Å². The van der Waals surface area contributed by atoms with Gasteiger partial charge < -0.3 is 30.0 Å². The molecule has 0 unspecified atom stereocenters. The van der Waals surface area contributed by atoms with Crippen molar-refractivity contribution in [3.8, 4) is 0 Å². The first-order valence-electron chi connectivity index (χ1n) is 19.2. The Kier molecular flexibility index (Phi) is 33.5. The van der Waals surface area contributed by atoms with Gasteiger partial charge in [0.1, 0.15) is 0 Å². The fourth-order valence-electron chi connectivity index (χ4n) is 5.18. The number of alkyl halides is 1. The summed E-state index contributed by atoms with van der Waals surface area (Å²) < 4.78 is 18.5. The number of halogens is 1. The molecule has 53 heavy (non-hydrogen) atoms. The zero-order chi connectivity index (χ0) is 39.4. The molecular formula is C42H67BrN2O8. The number of rotatable bonds is 26. The summed E-state index contributed by atoms with van der Waals surface area (Å²) in [5.41, 5.74) is 9.07. The molecule has 2 aromatic rings. The Morgan fingerprint density at radius 2 is 0.887 bits per heavy atom. The lowest BCUT2D eigenvalue weighted by Crippen LogP contribution is -2.16. The topological polar surface area (TPSA) is 143 Å². The number of nitrogens with one attached hydrogen (secondary N) is 1. The van der Waals surface area contributed by atoms with Gasteiger partial charge in [0.2, 0.25) is 0 Å². The maximum atomic E-state index is 11.4. The Morgan fingerprint density at radius 1 is 0.509 bits per heavy atom. The Balaban J connectivity index is 0.000000846. The Labute approximate surface area is 327 Å². The van der Waals surface area contributed by atoms with Crippen molar-refractivity contribution < 1.29 is 38.1 Å². The highest BCUT2D eigenvalue weighted by molar-refractivity contribution is 9.09. The minimum absolute atomic E-state index is 0.103. The fourth-order valence-corrected chi connectivity index (χ4v) is 5.57. The summed E-state index contributed by atoms with van der Waals surface area (Å²) in [5, 5.41) is 4.54. The van der Waals surface area contributed by atoms with Crippen molar-refractivity contribution in [2.75, 3.05) is 53.4 Å². The van der Waals surface area contributed by atoms with Crippen LogP contribution in [-0.4, -0.2) is 77.3 Å². The first-order valence-corrected chi connectivity index (χ1v) is 20.3. The molecule has 0 saturated carbocycles. The van der Waals surface area contributed by atoms with Crippen LogP contribution in [-0.2, 0) is 41.4 Å². The first kappa shape index (κ1) is 49.7. The van der Waals surface area contributed by atoms with Crippen molar-refractivity contribution in [2.24, 2.45) is 5.73 Å². The largest absolute Gasteiger partial charge is 0.469 e. The van der Waals surface area contributed by atoms with Gasteiger partial charge in [-0.2, -0.15) is 0 Å². The van der Waals surface area contributed by atoms with E-state index in [0.717, 1.165) is 82.8 Å². The van der Waals surface area contributed by atoms with E-state index in [1.165, 1.54) is 84.5 Å². The second-order valence-electron chi connectivity index (χ2n) is 12.7. The quantitative estimate of drug-likeness (QED) is 0.0411. The van der Waals surface area contributed by atoms with E-state index in [-0.39, 0.29) is 23.9 Å². The maximum absolute atomic E-state index is 11.4. The van der Waals surface area contributed by atoms with Crippen LogP contribution in [0.25, 0.3) is 0 Å². The molecule has 3 N–H and O–H groups in total. The molecule has 10 nitrogen and oxygen atoms in total. The van der Waals surface area contributed by atoms with Crippen molar-refractivity contribution in [3.05, 3.63) is 70.8 Å². The van der Waals surface area contributed by atoms with Crippen LogP contribution in [0.3, 0.4) is 0 Å². The fraction of sp³-hybridized carbons (Fsp3) is 0.619. The van der Waals surface area contributed by atoms with E-state index in [1.807, 2.05) is 48.5 Å². The molecule has 2 rings (SSSR count). The Hall–Kier alpha value is -3.28. The summed E-state index contributed by atoms with van der Waals surface area (Å²) in [7, 11) is 5.66. The molecule has 0 amide bonds. The Bertz CT molecular complexity index is 1210. The molecule has 0 spiro atoms. The van der Waals surface area contributed by atoms with Gasteiger partial charge in [0.05, 0.1) is 39.6 Å². The second kappa shape index (κ2) is 35.7. The van der Waals surface area contributed by atoms with Crippen LogP contribution >= 0.6 is 15.9 Å². The number of hydrogen-bond acceptors (Lipinski definition) is 10. The highest BCUT2D eigenvalue weighted by atomic mass is 79.9. The number of aryl methyl sites for hydroxylation is 2. The Morgan fingerprint density at radius 3 is 1.28 bits per heavy atom. The molecule has 0 aliphatic heterocycles. The molecule has 0 saturated heterocycles. The van der Waals surface area contributed by atoms with E-state index in [2.05, 4.69) is 35.5 Å². The van der Waals surface area contributed by atoms with E-state index < -0.39 is 0 Å². The van der Waals surface area contributed by atoms with Crippen molar-refractivity contribution in [2.45, 2.75) is 116 Å². The molecular weight excluding hydrogens is 740 g/mol. The number of nitrogens with two attached hydrogens (primary N) is 1. The maximum Gasteiger partial charge on any atom is 0.337 e. The molecule has 0 aliphatic carbocycles. The summed E-state index contributed by atoms with van der Waals surface area (Å²) in [4.78, 5) is 44.2. The number of esters is 4. The smallest absolute Gasteiger partial charge is 0.337 e.